The summed E-state index contributed by atoms with van der Waals surface area (Å²) in [6.07, 6.45) is 0.966. The van der Waals surface area contributed by atoms with Crippen LogP contribution >= 0.6 is 22.9 Å². The van der Waals surface area contributed by atoms with Crippen LogP contribution in [0, 0.1) is 5.82 Å². The van der Waals surface area contributed by atoms with E-state index in [0.717, 1.165) is 16.8 Å². The number of carbonyl (C=O) groups excluding carboxylic acids is 1. The number of hydrogen-bond acceptors (Lipinski definition) is 6. The molecule has 0 N–H and O–H groups in total. The number of halogens is 2. The van der Waals surface area contributed by atoms with Gasteiger partial charge in [-0.3, -0.25) is 9.69 Å². The zero-order valence-electron chi connectivity index (χ0n) is 18.2. The van der Waals surface area contributed by atoms with Gasteiger partial charge in [0.2, 0.25) is 15.9 Å². The third-order valence-electron chi connectivity index (χ3n) is 5.54. The molecule has 0 radical (unpaired) electrons. The zero-order chi connectivity index (χ0) is 23.8. The highest BCUT2D eigenvalue weighted by Gasteiger charge is 2.42. The molecule has 1 aromatic heterocycles. The van der Waals surface area contributed by atoms with Crippen molar-refractivity contribution in [3.8, 4) is 0 Å². The lowest BCUT2D eigenvalue weighted by Gasteiger charge is -2.29. The zero-order valence-corrected chi connectivity index (χ0v) is 20.6. The molecule has 33 heavy (non-hydrogen) atoms. The first kappa shape index (κ1) is 24.0. The van der Waals surface area contributed by atoms with Crippen molar-refractivity contribution >= 4 is 54.2 Å². The third-order valence-corrected chi connectivity index (χ3v) is 8.81. The Labute approximate surface area is 201 Å². The van der Waals surface area contributed by atoms with Crippen molar-refractivity contribution < 1.29 is 17.6 Å². The van der Waals surface area contributed by atoms with E-state index in [2.05, 4.69) is 4.98 Å². The highest BCUT2D eigenvalue weighted by Crippen LogP contribution is 2.35. The molecule has 1 amide bonds. The van der Waals surface area contributed by atoms with Gasteiger partial charge in [0, 0.05) is 19.6 Å². The fourth-order valence-corrected chi connectivity index (χ4v) is 6.76. The second kappa shape index (κ2) is 9.63. The summed E-state index contributed by atoms with van der Waals surface area (Å²) in [5, 5.41) is 0.979. The Morgan fingerprint density at radius 2 is 1.94 bits per heavy atom. The summed E-state index contributed by atoms with van der Waals surface area (Å²) < 4.78 is 41.9. The number of fused-ring (bicyclic) bond motifs is 1. The van der Waals surface area contributed by atoms with E-state index in [-0.39, 0.29) is 17.3 Å². The normalized spacial score (nSPS) is 17.2. The van der Waals surface area contributed by atoms with Gasteiger partial charge >= 0.3 is 0 Å². The smallest absolute Gasteiger partial charge is 0.247 e. The maximum absolute atomic E-state index is 13.7. The summed E-state index contributed by atoms with van der Waals surface area (Å²) in [5.74, 6) is -0.845. The van der Waals surface area contributed by atoms with Crippen LogP contribution in [0.1, 0.15) is 12.8 Å². The molecule has 0 saturated carbocycles. The molecule has 1 aliphatic heterocycles. The quantitative estimate of drug-likeness (QED) is 0.483. The van der Waals surface area contributed by atoms with Gasteiger partial charge in [-0.15, -0.1) is 0 Å². The first-order chi connectivity index (χ1) is 15.7. The second-order valence-electron chi connectivity index (χ2n) is 8.10. The summed E-state index contributed by atoms with van der Waals surface area (Å²) in [6.45, 7) is 1.15. The largest absolute Gasteiger partial charge is 0.308 e. The lowest BCUT2D eigenvalue weighted by atomic mass is 10.2. The van der Waals surface area contributed by atoms with Crippen molar-refractivity contribution in [1.82, 2.24) is 14.2 Å². The van der Waals surface area contributed by atoms with Gasteiger partial charge in [0.05, 0.1) is 14.6 Å². The Kier molecular flexibility index (Phi) is 7.01. The van der Waals surface area contributed by atoms with E-state index < -0.39 is 21.9 Å². The van der Waals surface area contributed by atoms with E-state index in [1.807, 2.05) is 31.1 Å². The molecule has 0 bridgehead atoms. The highest BCUT2D eigenvalue weighted by atomic mass is 35.5. The lowest BCUT2D eigenvalue weighted by Crippen LogP contribution is -2.49. The summed E-state index contributed by atoms with van der Waals surface area (Å²) in [5.41, 5.74) is 0.615. The molecule has 3 aromatic rings. The molecule has 1 atom stereocenters. The number of nitrogens with zero attached hydrogens (tertiary/aromatic N) is 4. The monoisotopic (exact) mass is 510 g/mol. The standard InChI is InChI=1S/C22H24ClFN4O3S2/c1-26(2)13-14-27(22-25-20-17(23)5-3-7-19(20)32-22)21(29)18-6-4-12-28(18)33(30,31)16-10-8-15(24)9-11-16/h3,5,7-11,18H,4,6,12-14H2,1-2H3. The van der Waals surface area contributed by atoms with Crippen LogP contribution in [0.15, 0.2) is 47.4 Å². The van der Waals surface area contributed by atoms with Gasteiger partial charge in [-0.2, -0.15) is 4.31 Å². The van der Waals surface area contributed by atoms with Crippen molar-refractivity contribution in [1.29, 1.82) is 0 Å². The van der Waals surface area contributed by atoms with Crippen LogP contribution in [-0.2, 0) is 14.8 Å². The number of benzene rings is 2. The number of rotatable bonds is 7. The van der Waals surface area contributed by atoms with Crippen LogP contribution in [-0.4, -0.2) is 68.3 Å². The lowest BCUT2D eigenvalue weighted by molar-refractivity contribution is -0.121. The van der Waals surface area contributed by atoms with Crippen molar-refractivity contribution in [2.45, 2.75) is 23.8 Å². The SMILES string of the molecule is CN(C)CCN(C(=O)C1CCCN1S(=O)(=O)c1ccc(F)cc1)c1nc2c(Cl)cccc2s1. The molecule has 7 nitrogen and oxygen atoms in total. The average Bonchev–Trinajstić information content (AvgIpc) is 3.42. The van der Waals surface area contributed by atoms with Crippen molar-refractivity contribution in [3.05, 3.63) is 53.3 Å². The third kappa shape index (κ3) is 4.90. The van der Waals surface area contributed by atoms with Crippen LogP contribution in [0.5, 0.6) is 0 Å². The molecule has 1 saturated heterocycles. The Balaban J connectivity index is 1.68. The Bertz CT molecular complexity index is 1260. The maximum atomic E-state index is 13.7. The number of likely N-dealkylation sites (N-methyl/N-ethyl adjacent to an activating group) is 1. The predicted molar refractivity (Wildman–Crippen MR) is 129 cm³/mol. The van der Waals surface area contributed by atoms with E-state index in [1.54, 1.807) is 11.0 Å². The molecule has 2 heterocycles. The van der Waals surface area contributed by atoms with E-state index in [4.69, 9.17) is 11.6 Å². The maximum Gasteiger partial charge on any atom is 0.247 e. The fraction of sp³-hybridized carbons (Fsp3) is 0.364. The molecular formula is C22H24ClFN4O3S2. The minimum Gasteiger partial charge on any atom is -0.308 e. The summed E-state index contributed by atoms with van der Waals surface area (Å²) in [4.78, 5) is 21.8. The van der Waals surface area contributed by atoms with E-state index in [1.165, 1.54) is 27.8 Å². The first-order valence-electron chi connectivity index (χ1n) is 10.5. The molecule has 11 heteroatoms. The van der Waals surface area contributed by atoms with Gasteiger partial charge < -0.3 is 4.90 Å². The number of thiazole rings is 1. The van der Waals surface area contributed by atoms with Crippen LogP contribution < -0.4 is 4.90 Å². The second-order valence-corrected chi connectivity index (χ2v) is 11.4. The molecule has 176 valence electrons. The summed E-state index contributed by atoms with van der Waals surface area (Å²) in [7, 11) is -0.154. The van der Waals surface area contributed by atoms with Crippen molar-refractivity contribution in [2.24, 2.45) is 0 Å². The van der Waals surface area contributed by atoms with Crippen molar-refractivity contribution in [3.63, 3.8) is 0 Å². The summed E-state index contributed by atoms with van der Waals surface area (Å²) >= 11 is 7.64. The van der Waals surface area contributed by atoms with Crippen LogP contribution in [0.2, 0.25) is 5.02 Å². The molecule has 1 aliphatic rings. The number of carbonyl (C=O) groups is 1. The number of amides is 1. The number of anilines is 1. The van der Waals surface area contributed by atoms with Gasteiger partial charge in [-0.1, -0.05) is 29.0 Å². The van der Waals surface area contributed by atoms with E-state index >= 15 is 0 Å². The molecule has 2 aromatic carbocycles. The van der Waals surface area contributed by atoms with Crippen molar-refractivity contribution in [2.75, 3.05) is 38.6 Å². The van der Waals surface area contributed by atoms with Crippen LogP contribution in [0.3, 0.4) is 0 Å². The molecule has 4 rings (SSSR count). The number of para-hydroxylation sites is 1. The van der Waals surface area contributed by atoms with E-state index in [9.17, 15) is 17.6 Å². The number of hydrogen-bond donors (Lipinski definition) is 0. The molecule has 1 unspecified atom stereocenters. The van der Waals surface area contributed by atoms with E-state index in [0.29, 0.717) is 41.6 Å². The Morgan fingerprint density at radius 1 is 1.21 bits per heavy atom. The van der Waals surface area contributed by atoms with Gasteiger partial charge in [0.25, 0.3) is 0 Å². The number of sulfonamides is 1. The minimum atomic E-state index is -3.96. The Hall–Kier alpha value is -2.11. The molecular weight excluding hydrogens is 487 g/mol. The van der Waals surface area contributed by atoms with Gasteiger partial charge in [-0.05, 0) is 63.3 Å². The molecule has 0 aliphatic carbocycles. The Morgan fingerprint density at radius 3 is 2.61 bits per heavy atom. The van der Waals surface area contributed by atoms with Crippen LogP contribution in [0.4, 0.5) is 9.52 Å². The summed E-state index contributed by atoms with van der Waals surface area (Å²) in [6, 6.07) is 9.26. The van der Waals surface area contributed by atoms with Crippen LogP contribution in [0.25, 0.3) is 10.2 Å². The average molecular weight is 511 g/mol. The highest BCUT2D eigenvalue weighted by molar-refractivity contribution is 7.89. The van der Waals surface area contributed by atoms with Gasteiger partial charge in [0.15, 0.2) is 5.13 Å². The minimum absolute atomic E-state index is 0.0322. The topological polar surface area (TPSA) is 73.8 Å². The van der Waals surface area contributed by atoms with Gasteiger partial charge in [-0.25, -0.2) is 17.8 Å². The predicted octanol–water partition coefficient (Wildman–Crippen LogP) is 3.84. The fourth-order valence-electron chi connectivity index (χ4n) is 3.82. The molecule has 0 spiro atoms. The van der Waals surface area contributed by atoms with Gasteiger partial charge in [0.1, 0.15) is 17.4 Å². The molecule has 1 fully saturated rings. The number of aromatic nitrogens is 1. The first-order valence-corrected chi connectivity index (χ1v) is 13.1.